The fraction of sp³-hybridized carbons (Fsp3) is 0.0870. The number of halogens is 2. The van der Waals surface area contributed by atoms with Crippen LogP contribution in [0.25, 0.3) is 0 Å². The lowest BCUT2D eigenvalue weighted by molar-refractivity contribution is -0.116. The van der Waals surface area contributed by atoms with Crippen LogP contribution in [-0.2, 0) is 4.79 Å². The Hall–Kier alpha value is -3.52. The van der Waals surface area contributed by atoms with Crippen LogP contribution >= 0.6 is 15.9 Å². The third-order valence-corrected chi connectivity index (χ3v) is 4.76. The van der Waals surface area contributed by atoms with Crippen molar-refractivity contribution in [1.29, 1.82) is 0 Å². The zero-order valence-electron chi connectivity index (χ0n) is 16.3. The molecule has 0 fully saturated rings. The predicted molar refractivity (Wildman–Crippen MR) is 121 cm³/mol. The third kappa shape index (κ3) is 6.75. The molecule has 0 aliphatic rings. The van der Waals surface area contributed by atoms with E-state index in [4.69, 9.17) is 0 Å². The molecule has 31 heavy (non-hydrogen) atoms. The fourth-order valence-electron chi connectivity index (χ4n) is 2.72. The van der Waals surface area contributed by atoms with Crippen LogP contribution in [0.2, 0.25) is 0 Å². The molecule has 3 amide bonds. The van der Waals surface area contributed by atoms with Crippen LogP contribution in [0.3, 0.4) is 0 Å². The lowest BCUT2D eigenvalue weighted by Gasteiger charge is -2.09. The van der Waals surface area contributed by atoms with Crippen molar-refractivity contribution in [3.8, 4) is 0 Å². The number of benzene rings is 3. The normalized spacial score (nSPS) is 10.3. The first-order chi connectivity index (χ1) is 14.9. The lowest BCUT2D eigenvalue weighted by atomic mass is 10.1. The highest BCUT2D eigenvalue weighted by atomic mass is 79.9. The molecule has 0 saturated heterocycles. The van der Waals surface area contributed by atoms with Crippen molar-refractivity contribution in [3.63, 3.8) is 0 Å². The number of carbonyl (C=O) groups is 3. The summed E-state index contributed by atoms with van der Waals surface area (Å²) in [5.41, 5.74) is 1.59. The van der Waals surface area contributed by atoms with Gasteiger partial charge in [-0.3, -0.25) is 14.4 Å². The van der Waals surface area contributed by atoms with Crippen LogP contribution in [-0.4, -0.2) is 24.3 Å². The molecular weight excluding hydrogens is 465 g/mol. The van der Waals surface area contributed by atoms with Crippen LogP contribution in [0.4, 0.5) is 15.8 Å². The summed E-state index contributed by atoms with van der Waals surface area (Å²) in [5, 5.41) is 7.98. The number of nitrogens with one attached hydrogen (secondary N) is 3. The van der Waals surface area contributed by atoms with Crippen LogP contribution in [0.5, 0.6) is 0 Å². The molecule has 0 radical (unpaired) electrons. The highest BCUT2D eigenvalue weighted by Crippen LogP contribution is 2.15. The molecule has 0 aliphatic heterocycles. The van der Waals surface area contributed by atoms with Crippen molar-refractivity contribution in [2.24, 2.45) is 0 Å². The first-order valence-electron chi connectivity index (χ1n) is 9.41. The first-order valence-corrected chi connectivity index (χ1v) is 10.2. The topological polar surface area (TPSA) is 87.3 Å². The van der Waals surface area contributed by atoms with E-state index in [0.717, 1.165) is 4.47 Å². The average Bonchev–Trinajstić information content (AvgIpc) is 2.74. The van der Waals surface area contributed by atoms with Gasteiger partial charge in [-0.25, -0.2) is 4.39 Å². The molecule has 0 aromatic heterocycles. The summed E-state index contributed by atoms with van der Waals surface area (Å²) in [6, 6.07) is 18.8. The Morgan fingerprint density at radius 3 is 2.16 bits per heavy atom. The Bertz CT molecular complexity index is 1100. The molecule has 0 unspecified atom stereocenters. The number of rotatable bonds is 7. The Kier molecular flexibility index (Phi) is 7.50. The minimum absolute atomic E-state index is 0.0714. The molecule has 0 heterocycles. The SMILES string of the molecule is O=C(CCNC(=O)c1ccc(Br)cc1)Nc1cccc(C(=O)Nc2cccc(F)c2)c1. The summed E-state index contributed by atoms with van der Waals surface area (Å²) in [6.07, 6.45) is 0.0714. The molecule has 0 bridgehead atoms. The van der Waals surface area contributed by atoms with Crippen molar-refractivity contribution < 1.29 is 18.8 Å². The monoisotopic (exact) mass is 483 g/mol. The Morgan fingerprint density at radius 2 is 1.45 bits per heavy atom. The standard InChI is InChI=1S/C23H19BrFN3O3/c24-17-9-7-15(8-10-17)22(30)26-12-11-21(29)27-19-5-1-3-16(13-19)23(31)28-20-6-2-4-18(25)14-20/h1-10,13-14H,11-12H2,(H,26,30)(H,27,29)(H,28,31). The number of anilines is 2. The van der Waals surface area contributed by atoms with Gasteiger partial charge in [-0.2, -0.15) is 0 Å². The largest absolute Gasteiger partial charge is 0.352 e. The molecule has 6 nitrogen and oxygen atoms in total. The van der Waals surface area contributed by atoms with Gasteiger partial charge >= 0.3 is 0 Å². The van der Waals surface area contributed by atoms with E-state index < -0.39 is 11.7 Å². The van der Waals surface area contributed by atoms with Crippen molar-refractivity contribution in [3.05, 3.63) is 94.2 Å². The molecule has 8 heteroatoms. The highest BCUT2D eigenvalue weighted by Gasteiger charge is 2.10. The Labute approximate surface area is 187 Å². The van der Waals surface area contributed by atoms with Gasteiger partial charge in [-0.15, -0.1) is 0 Å². The van der Waals surface area contributed by atoms with E-state index in [2.05, 4.69) is 31.9 Å². The third-order valence-electron chi connectivity index (χ3n) is 4.24. The van der Waals surface area contributed by atoms with E-state index in [-0.39, 0.29) is 24.8 Å². The summed E-state index contributed by atoms with van der Waals surface area (Å²) in [7, 11) is 0. The van der Waals surface area contributed by atoms with Crippen molar-refractivity contribution in [2.75, 3.05) is 17.2 Å². The van der Waals surface area contributed by atoms with E-state index in [0.29, 0.717) is 22.5 Å². The van der Waals surface area contributed by atoms with Gasteiger partial charge < -0.3 is 16.0 Å². The minimum atomic E-state index is -0.453. The van der Waals surface area contributed by atoms with Crippen LogP contribution in [0.15, 0.2) is 77.3 Å². The van der Waals surface area contributed by atoms with Gasteiger partial charge in [0.15, 0.2) is 0 Å². The van der Waals surface area contributed by atoms with E-state index in [1.54, 1.807) is 48.5 Å². The zero-order chi connectivity index (χ0) is 22.2. The quantitative estimate of drug-likeness (QED) is 0.458. The Morgan fingerprint density at radius 1 is 0.774 bits per heavy atom. The van der Waals surface area contributed by atoms with Crippen LogP contribution in [0.1, 0.15) is 27.1 Å². The smallest absolute Gasteiger partial charge is 0.255 e. The molecule has 3 aromatic carbocycles. The molecule has 0 atom stereocenters. The second-order valence-electron chi connectivity index (χ2n) is 6.61. The molecule has 158 valence electrons. The number of carbonyl (C=O) groups excluding carboxylic acids is 3. The molecule has 0 aliphatic carbocycles. The Balaban J connectivity index is 1.50. The van der Waals surface area contributed by atoms with Crippen LogP contribution < -0.4 is 16.0 Å². The molecule has 3 rings (SSSR count). The molecular formula is C23H19BrFN3O3. The maximum Gasteiger partial charge on any atom is 0.255 e. The van der Waals surface area contributed by atoms with E-state index in [1.807, 2.05) is 0 Å². The second kappa shape index (κ2) is 10.5. The van der Waals surface area contributed by atoms with Gasteiger partial charge in [-0.05, 0) is 60.7 Å². The first kappa shape index (κ1) is 22.2. The molecule has 0 saturated carbocycles. The van der Waals surface area contributed by atoms with Crippen molar-refractivity contribution in [2.45, 2.75) is 6.42 Å². The zero-order valence-corrected chi connectivity index (χ0v) is 17.9. The average molecular weight is 484 g/mol. The summed E-state index contributed by atoms with van der Waals surface area (Å²) < 4.78 is 14.1. The summed E-state index contributed by atoms with van der Waals surface area (Å²) in [5.74, 6) is -1.45. The summed E-state index contributed by atoms with van der Waals surface area (Å²) >= 11 is 3.31. The summed E-state index contributed by atoms with van der Waals surface area (Å²) in [6.45, 7) is 0.167. The number of hydrogen-bond donors (Lipinski definition) is 3. The predicted octanol–water partition coefficient (Wildman–Crippen LogP) is 4.60. The van der Waals surface area contributed by atoms with Crippen molar-refractivity contribution in [1.82, 2.24) is 5.32 Å². The second-order valence-corrected chi connectivity index (χ2v) is 7.52. The summed E-state index contributed by atoms with van der Waals surface area (Å²) in [4.78, 5) is 36.6. The lowest BCUT2D eigenvalue weighted by Crippen LogP contribution is -2.27. The molecule has 3 N–H and O–H groups in total. The van der Waals surface area contributed by atoms with Gasteiger partial charge in [0.2, 0.25) is 5.91 Å². The van der Waals surface area contributed by atoms with Crippen LogP contribution in [0, 0.1) is 5.82 Å². The van der Waals surface area contributed by atoms with Gasteiger partial charge in [0, 0.05) is 39.9 Å². The van der Waals surface area contributed by atoms with Gasteiger partial charge in [0.05, 0.1) is 0 Å². The van der Waals surface area contributed by atoms with E-state index >= 15 is 0 Å². The van der Waals surface area contributed by atoms with E-state index in [1.165, 1.54) is 24.3 Å². The highest BCUT2D eigenvalue weighted by molar-refractivity contribution is 9.10. The van der Waals surface area contributed by atoms with Crippen molar-refractivity contribution >= 4 is 45.0 Å². The fourth-order valence-corrected chi connectivity index (χ4v) is 2.99. The maximum absolute atomic E-state index is 13.3. The van der Waals surface area contributed by atoms with E-state index in [9.17, 15) is 18.8 Å². The minimum Gasteiger partial charge on any atom is -0.352 e. The number of amides is 3. The maximum atomic E-state index is 13.3. The number of hydrogen-bond acceptors (Lipinski definition) is 3. The van der Waals surface area contributed by atoms with Gasteiger partial charge in [-0.1, -0.05) is 28.1 Å². The molecule has 3 aromatic rings. The van der Waals surface area contributed by atoms with Gasteiger partial charge in [0.1, 0.15) is 5.82 Å². The van der Waals surface area contributed by atoms with Gasteiger partial charge in [0.25, 0.3) is 11.8 Å². The molecule has 0 spiro atoms.